The number of fused-ring (bicyclic) bond motifs is 1. The third-order valence-electron chi connectivity index (χ3n) is 5.18. The predicted octanol–water partition coefficient (Wildman–Crippen LogP) is 4.78. The summed E-state index contributed by atoms with van der Waals surface area (Å²) in [4.78, 5) is 21.7. The molecule has 0 bridgehead atoms. The first-order chi connectivity index (χ1) is 12.2. The van der Waals surface area contributed by atoms with Crippen LogP contribution in [0, 0.1) is 6.92 Å². The lowest BCUT2D eigenvalue weighted by Gasteiger charge is -2.35. The average molecular weight is 353 g/mol. The molecule has 1 aromatic carbocycles. The van der Waals surface area contributed by atoms with Crippen molar-refractivity contribution in [1.82, 2.24) is 14.3 Å². The highest BCUT2D eigenvalue weighted by molar-refractivity contribution is 7.19. The number of hydrogen-bond donors (Lipinski definition) is 0. The van der Waals surface area contributed by atoms with Crippen LogP contribution in [0.25, 0.3) is 16.2 Å². The molecular weight excluding hydrogens is 330 g/mol. The number of carbonyl (C=O) groups is 1. The lowest BCUT2D eigenvalue weighted by Crippen LogP contribution is -2.43. The van der Waals surface area contributed by atoms with Crippen molar-refractivity contribution in [1.29, 1.82) is 0 Å². The van der Waals surface area contributed by atoms with Crippen LogP contribution in [-0.2, 0) is 0 Å². The Labute approximate surface area is 152 Å². The topological polar surface area (TPSA) is 37.6 Å². The van der Waals surface area contributed by atoms with Crippen molar-refractivity contribution in [3.63, 3.8) is 0 Å². The zero-order valence-electron chi connectivity index (χ0n) is 14.7. The third-order valence-corrected chi connectivity index (χ3v) is 6.32. The molecule has 3 heterocycles. The molecule has 2 aromatic heterocycles. The molecule has 4 nitrogen and oxygen atoms in total. The second-order valence-electron chi connectivity index (χ2n) is 6.72. The maximum Gasteiger partial charge on any atom is 0.266 e. The highest BCUT2D eigenvalue weighted by Crippen LogP contribution is 2.30. The van der Waals surface area contributed by atoms with Gasteiger partial charge in [0.25, 0.3) is 5.91 Å². The van der Waals surface area contributed by atoms with E-state index in [9.17, 15) is 4.79 Å². The van der Waals surface area contributed by atoms with Gasteiger partial charge in [0, 0.05) is 30.0 Å². The Balaban J connectivity index is 1.68. The van der Waals surface area contributed by atoms with Crippen molar-refractivity contribution in [3.8, 4) is 11.3 Å². The number of amides is 1. The molecule has 0 radical (unpaired) electrons. The summed E-state index contributed by atoms with van der Waals surface area (Å²) in [5.41, 5.74) is 3.06. The SMILES string of the molecule is CCC1CCCCN1C(=O)c1sc2nc(-c3ccccc3)cn2c1C. The maximum absolute atomic E-state index is 13.1. The van der Waals surface area contributed by atoms with E-state index in [-0.39, 0.29) is 5.91 Å². The van der Waals surface area contributed by atoms with E-state index >= 15 is 0 Å². The van der Waals surface area contributed by atoms with Crippen molar-refractivity contribution in [2.24, 2.45) is 0 Å². The zero-order chi connectivity index (χ0) is 17.4. The van der Waals surface area contributed by atoms with Crippen molar-refractivity contribution < 1.29 is 4.79 Å². The highest BCUT2D eigenvalue weighted by atomic mass is 32.1. The molecule has 0 N–H and O–H groups in total. The van der Waals surface area contributed by atoms with E-state index in [0.29, 0.717) is 6.04 Å². The number of nitrogens with zero attached hydrogens (tertiary/aromatic N) is 3. The third kappa shape index (κ3) is 2.86. The molecule has 1 aliphatic heterocycles. The maximum atomic E-state index is 13.1. The van der Waals surface area contributed by atoms with Crippen molar-refractivity contribution >= 4 is 22.2 Å². The molecule has 1 fully saturated rings. The Morgan fingerprint density at radius 3 is 2.80 bits per heavy atom. The molecule has 0 saturated carbocycles. The van der Waals surface area contributed by atoms with Crippen molar-refractivity contribution in [3.05, 3.63) is 47.1 Å². The summed E-state index contributed by atoms with van der Waals surface area (Å²) >= 11 is 1.51. The van der Waals surface area contributed by atoms with Gasteiger partial charge in [-0.2, -0.15) is 0 Å². The number of hydrogen-bond acceptors (Lipinski definition) is 3. The number of imidazole rings is 1. The van der Waals surface area contributed by atoms with Gasteiger partial charge in [-0.3, -0.25) is 9.20 Å². The van der Waals surface area contributed by atoms with Crippen LogP contribution in [0.5, 0.6) is 0 Å². The summed E-state index contributed by atoms with van der Waals surface area (Å²) in [6.45, 7) is 5.08. The molecule has 130 valence electrons. The van der Waals surface area contributed by atoms with Crippen LogP contribution in [0.1, 0.15) is 48.0 Å². The van der Waals surface area contributed by atoms with E-state index in [1.54, 1.807) is 0 Å². The number of aromatic nitrogens is 2. The van der Waals surface area contributed by atoms with E-state index in [0.717, 1.165) is 52.6 Å². The number of thiazole rings is 1. The quantitative estimate of drug-likeness (QED) is 0.680. The fourth-order valence-corrected chi connectivity index (χ4v) is 4.78. The second-order valence-corrected chi connectivity index (χ2v) is 7.70. The minimum Gasteiger partial charge on any atom is -0.335 e. The van der Waals surface area contributed by atoms with Gasteiger partial charge in [-0.15, -0.1) is 0 Å². The molecule has 1 atom stereocenters. The van der Waals surface area contributed by atoms with E-state index in [1.165, 1.54) is 17.8 Å². The number of likely N-dealkylation sites (tertiary alicyclic amines) is 1. The standard InChI is InChI=1S/C20H23N3OS/c1-3-16-11-7-8-12-22(16)19(24)18-14(2)23-13-17(21-20(23)25-18)15-9-5-4-6-10-15/h4-6,9-10,13,16H,3,7-8,11-12H2,1-2H3. The largest absolute Gasteiger partial charge is 0.335 e. The highest BCUT2D eigenvalue weighted by Gasteiger charge is 2.29. The van der Waals surface area contributed by atoms with Crippen LogP contribution in [0.2, 0.25) is 0 Å². The Morgan fingerprint density at radius 2 is 2.08 bits per heavy atom. The van der Waals surface area contributed by atoms with Gasteiger partial charge in [0.2, 0.25) is 0 Å². The smallest absolute Gasteiger partial charge is 0.266 e. The van der Waals surface area contributed by atoms with Gasteiger partial charge in [-0.05, 0) is 32.6 Å². The van der Waals surface area contributed by atoms with E-state index in [2.05, 4.69) is 28.4 Å². The fourth-order valence-electron chi connectivity index (χ4n) is 3.72. The molecule has 1 aliphatic rings. The van der Waals surface area contributed by atoms with Gasteiger partial charge in [0.05, 0.1) is 5.69 Å². The lowest BCUT2D eigenvalue weighted by molar-refractivity contribution is 0.0612. The molecule has 1 saturated heterocycles. The number of benzene rings is 1. The number of carbonyl (C=O) groups excluding carboxylic acids is 1. The Morgan fingerprint density at radius 1 is 1.28 bits per heavy atom. The van der Waals surface area contributed by atoms with Crippen molar-refractivity contribution in [2.45, 2.75) is 45.6 Å². The first kappa shape index (κ1) is 16.3. The monoisotopic (exact) mass is 353 g/mol. The van der Waals surface area contributed by atoms with Gasteiger partial charge in [0.1, 0.15) is 4.88 Å². The summed E-state index contributed by atoms with van der Waals surface area (Å²) in [6, 6.07) is 10.6. The molecule has 1 amide bonds. The summed E-state index contributed by atoms with van der Waals surface area (Å²) in [7, 11) is 0. The lowest BCUT2D eigenvalue weighted by atomic mass is 10.00. The zero-order valence-corrected chi connectivity index (χ0v) is 15.6. The minimum absolute atomic E-state index is 0.181. The van der Waals surface area contributed by atoms with Crippen molar-refractivity contribution in [2.75, 3.05) is 6.54 Å². The Kier molecular flexibility index (Phi) is 4.34. The average Bonchev–Trinajstić information content (AvgIpc) is 3.21. The molecule has 0 aliphatic carbocycles. The van der Waals surface area contributed by atoms with Crippen LogP contribution in [-0.4, -0.2) is 32.8 Å². The second kappa shape index (κ2) is 6.64. The predicted molar refractivity (Wildman–Crippen MR) is 102 cm³/mol. The first-order valence-corrected chi connectivity index (χ1v) is 9.85. The van der Waals surface area contributed by atoms with Crippen LogP contribution in [0.3, 0.4) is 0 Å². The van der Waals surface area contributed by atoms with Gasteiger partial charge in [0.15, 0.2) is 4.96 Å². The van der Waals surface area contributed by atoms with Crippen LogP contribution < -0.4 is 0 Å². The van der Waals surface area contributed by atoms with Crippen LogP contribution in [0.15, 0.2) is 36.5 Å². The van der Waals surface area contributed by atoms with E-state index in [1.807, 2.05) is 31.3 Å². The fraction of sp³-hybridized carbons (Fsp3) is 0.400. The Bertz CT molecular complexity index is 896. The van der Waals surface area contributed by atoms with Crippen LogP contribution >= 0.6 is 11.3 Å². The summed E-state index contributed by atoms with van der Waals surface area (Å²) < 4.78 is 2.06. The molecule has 0 spiro atoms. The number of piperidine rings is 1. The summed E-state index contributed by atoms with van der Waals surface area (Å²) in [5, 5.41) is 0. The van der Waals surface area contributed by atoms with Gasteiger partial charge >= 0.3 is 0 Å². The first-order valence-electron chi connectivity index (χ1n) is 9.04. The molecule has 4 rings (SSSR count). The Hall–Kier alpha value is -2.14. The summed E-state index contributed by atoms with van der Waals surface area (Å²) in [5.74, 6) is 0.181. The van der Waals surface area contributed by atoms with E-state index < -0.39 is 0 Å². The molecular formula is C20H23N3OS. The molecule has 5 heteroatoms. The molecule has 3 aromatic rings. The number of aryl methyl sites for hydroxylation is 1. The van der Waals surface area contributed by atoms with E-state index in [4.69, 9.17) is 4.98 Å². The van der Waals surface area contributed by atoms with Gasteiger partial charge in [-0.25, -0.2) is 4.98 Å². The number of rotatable bonds is 3. The normalized spacial score (nSPS) is 18.0. The molecule has 25 heavy (non-hydrogen) atoms. The summed E-state index contributed by atoms with van der Waals surface area (Å²) in [6.07, 6.45) is 6.55. The van der Waals surface area contributed by atoms with Gasteiger partial charge in [-0.1, -0.05) is 48.6 Å². The van der Waals surface area contributed by atoms with Gasteiger partial charge < -0.3 is 4.90 Å². The minimum atomic E-state index is 0.181. The molecule has 1 unspecified atom stereocenters. The van der Waals surface area contributed by atoms with Crippen LogP contribution in [0.4, 0.5) is 0 Å².